The molecule has 2 saturated heterocycles. The Balaban J connectivity index is 1.42. The van der Waals surface area contributed by atoms with Crippen LogP contribution in [-0.4, -0.2) is 98.0 Å². The first-order valence-corrected chi connectivity index (χ1v) is 17.3. The number of carbonyl (C=O) groups excluding carboxylic acids is 4. The summed E-state index contributed by atoms with van der Waals surface area (Å²) in [5, 5.41) is 12.4. The summed E-state index contributed by atoms with van der Waals surface area (Å²) in [4.78, 5) is 60.2. The fraction of sp³-hybridized carbons (Fsp3) is 0.474. The maximum absolute atomic E-state index is 14.7. The van der Waals surface area contributed by atoms with Crippen molar-refractivity contribution < 1.29 is 43.2 Å². The van der Waals surface area contributed by atoms with E-state index in [1.807, 2.05) is 36.4 Å². The van der Waals surface area contributed by atoms with Crippen LogP contribution in [0.2, 0.25) is 0 Å². The van der Waals surface area contributed by atoms with Crippen LogP contribution in [0.15, 0.2) is 78.9 Å². The molecule has 2 N–H and O–H groups in total. The van der Waals surface area contributed by atoms with Gasteiger partial charge in [-0.25, -0.2) is 0 Å². The number of methoxy groups -OCH3 is 2. The number of hydrogen-bond acceptors (Lipinski definition) is 9. The number of hydrogen-bond donors (Lipinski definition) is 2. The van der Waals surface area contributed by atoms with Crippen molar-refractivity contribution in [3.8, 4) is 5.75 Å². The monoisotopic (exact) mass is 687 g/mol. The second kappa shape index (κ2) is 15.6. The van der Waals surface area contributed by atoms with Gasteiger partial charge in [-0.05, 0) is 55.5 Å². The molecule has 0 unspecified atom stereocenters. The second-order valence-corrected chi connectivity index (χ2v) is 13.1. The highest BCUT2D eigenvalue weighted by Gasteiger charge is 2.71. The highest BCUT2D eigenvalue weighted by molar-refractivity contribution is 6.05. The molecule has 3 amide bonds. The first kappa shape index (κ1) is 35.3. The van der Waals surface area contributed by atoms with Crippen molar-refractivity contribution in [3.63, 3.8) is 0 Å². The van der Waals surface area contributed by atoms with Crippen LogP contribution in [0.3, 0.4) is 0 Å². The van der Waals surface area contributed by atoms with E-state index in [0.717, 1.165) is 0 Å². The number of carbonyl (C=O) groups is 4. The van der Waals surface area contributed by atoms with E-state index in [0.29, 0.717) is 42.7 Å². The molecule has 2 fully saturated rings. The molecule has 0 radical (unpaired) electrons. The van der Waals surface area contributed by atoms with Gasteiger partial charge in [0.1, 0.15) is 29.4 Å². The lowest BCUT2D eigenvalue weighted by molar-refractivity contribution is -0.162. The van der Waals surface area contributed by atoms with Crippen molar-refractivity contribution in [3.05, 3.63) is 84.5 Å². The Morgan fingerprint density at radius 2 is 1.74 bits per heavy atom. The third-order valence-electron chi connectivity index (χ3n) is 10.0. The van der Waals surface area contributed by atoms with E-state index < -0.39 is 47.7 Å². The number of esters is 1. The number of aliphatic hydroxyl groups is 1. The molecule has 1 spiro atoms. The van der Waals surface area contributed by atoms with Crippen LogP contribution >= 0.6 is 0 Å². The van der Waals surface area contributed by atoms with Crippen molar-refractivity contribution in [2.45, 2.75) is 62.0 Å². The predicted octanol–water partition coefficient (Wildman–Crippen LogP) is 3.11. The Bertz CT molecular complexity index is 1600. The highest BCUT2D eigenvalue weighted by atomic mass is 16.6. The molecule has 2 aromatic carbocycles. The zero-order valence-corrected chi connectivity index (χ0v) is 28.4. The van der Waals surface area contributed by atoms with E-state index in [-0.39, 0.29) is 50.4 Å². The Morgan fingerprint density at radius 3 is 2.46 bits per heavy atom. The Morgan fingerprint density at radius 1 is 0.960 bits per heavy atom. The van der Waals surface area contributed by atoms with Crippen LogP contribution < -0.4 is 15.0 Å². The summed E-state index contributed by atoms with van der Waals surface area (Å²) < 4.78 is 23.9. The van der Waals surface area contributed by atoms with Gasteiger partial charge in [-0.2, -0.15) is 0 Å². The number of cyclic esters (lactones) is 1. The zero-order valence-electron chi connectivity index (χ0n) is 28.4. The Hall–Kier alpha value is -4.52. The summed E-state index contributed by atoms with van der Waals surface area (Å²) in [5.41, 5.74) is -0.181. The van der Waals surface area contributed by atoms with Gasteiger partial charge in [0.15, 0.2) is 0 Å². The molecule has 0 bridgehead atoms. The van der Waals surface area contributed by atoms with Crippen LogP contribution in [-0.2, 0) is 33.4 Å². The zero-order chi connectivity index (χ0) is 35.3. The lowest BCUT2D eigenvalue weighted by Crippen LogP contribution is -2.55. The maximum Gasteiger partial charge on any atom is 0.313 e. The number of nitrogens with one attached hydrogen (secondary N) is 1. The summed E-state index contributed by atoms with van der Waals surface area (Å²) in [6.07, 6.45) is 7.60. The highest BCUT2D eigenvalue weighted by Crippen LogP contribution is 2.53. The third-order valence-corrected chi connectivity index (χ3v) is 10.0. The molecule has 7 atom stereocenters. The molecule has 0 aliphatic carbocycles. The van der Waals surface area contributed by atoms with Crippen molar-refractivity contribution in [1.82, 2.24) is 10.2 Å². The number of aliphatic hydroxyl groups excluding tert-OH is 1. The average molecular weight is 688 g/mol. The summed E-state index contributed by atoms with van der Waals surface area (Å²) in [7, 11) is 3.08. The minimum absolute atomic E-state index is 0.0228. The minimum atomic E-state index is -1.46. The van der Waals surface area contributed by atoms with Crippen LogP contribution in [0.5, 0.6) is 5.75 Å². The average Bonchev–Trinajstić information content (AvgIpc) is 3.51. The number of allylic oxidation sites excluding steroid dienone is 1. The van der Waals surface area contributed by atoms with E-state index >= 15 is 0 Å². The minimum Gasteiger partial charge on any atom is -0.497 e. The summed E-state index contributed by atoms with van der Waals surface area (Å²) >= 11 is 0. The van der Waals surface area contributed by atoms with Gasteiger partial charge in [-0.15, -0.1) is 0 Å². The molecule has 2 aromatic rings. The maximum atomic E-state index is 14.7. The first-order valence-electron chi connectivity index (χ1n) is 17.3. The molecule has 4 aliphatic heterocycles. The van der Waals surface area contributed by atoms with Gasteiger partial charge in [-0.1, -0.05) is 54.6 Å². The second-order valence-electron chi connectivity index (χ2n) is 13.1. The molecule has 4 heterocycles. The van der Waals surface area contributed by atoms with Gasteiger partial charge in [0.25, 0.3) is 5.91 Å². The molecule has 12 heteroatoms. The van der Waals surface area contributed by atoms with Crippen molar-refractivity contribution in [2.75, 3.05) is 45.4 Å². The number of ether oxygens (including phenoxy) is 4. The topological polar surface area (TPSA) is 144 Å². The fourth-order valence-electron chi connectivity index (χ4n) is 7.69. The van der Waals surface area contributed by atoms with E-state index in [9.17, 15) is 24.3 Å². The van der Waals surface area contributed by atoms with Gasteiger partial charge < -0.3 is 39.2 Å². The summed E-state index contributed by atoms with van der Waals surface area (Å²) in [6.45, 7) is 0.574. The van der Waals surface area contributed by atoms with E-state index in [2.05, 4.69) is 5.32 Å². The van der Waals surface area contributed by atoms with Crippen LogP contribution in [0.1, 0.15) is 43.8 Å². The molecule has 12 nitrogen and oxygen atoms in total. The van der Waals surface area contributed by atoms with Crippen molar-refractivity contribution in [1.29, 1.82) is 0 Å². The van der Waals surface area contributed by atoms with Gasteiger partial charge >= 0.3 is 5.97 Å². The number of fused-ring (bicyclic) bond motifs is 2. The van der Waals surface area contributed by atoms with Gasteiger partial charge in [0, 0.05) is 38.9 Å². The number of nitrogens with zero attached hydrogens (tertiary/aromatic N) is 2. The fourth-order valence-corrected chi connectivity index (χ4v) is 7.69. The number of anilines is 1. The number of amides is 3. The molecule has 6 rings (SSSR count). The summed E-state index contributed by atoms with van der Waals surface area (Å²) in [6, 6.07) is 14.5. The molecular weight excluding hydrogens is 642 g/mol. The van der Waals surface area contributed by atoms with Crippen LogP contribution in [0, 0.1) is 11.8 Å². The third kappa shape index (κ3) is 6.79. The number of unbranched alkanes of at least 4 members (excludes halogenated alkanes) is 2. The van der Waals surface area contributed by atoms with E-state index in [1.54, 1.807) is 59.4 Å². The smallest absolute Gasteiger partial charge is 0.313 e. The SMILES string of the molecule is COC[C@@H]1NC(=O)CC/C=C\[C@@H]2O[C@@]34C=CCN(c5ccc(OC)cc5)C(=O)[C@@H]3N(CCCCCO)C(=O)[C@H]4[C@@H]2C(=O)O[C@H]1c1ccccc1. The molecule has 0 saturated carbocycles. The predicted molar refractivity (Wildman–Crippen MR) is 183 cm³/mol. The quantitative estimate of drug-likeness (QED) is 0.219. The normalized spacial score (nSPS) is 30.3. The largest absolute Gasteiger partial charge is 0.497 e. The van der Waals surface area contributed by atoms with Crippen LogP contribution in [0.4, 0.5) is 5.69 Å². The van der Waals surface area contributed by atoms with Crippen molar-refractivity contribution in [2.24, 2.45) is 11.8 Å². The number of likely N-dealkylation sites (tertiary alicyclic amines) is 1. The first-order chi connectivity index (χ1) is 24.3. The summed E-state index contributed by atoms with van der Waals surface area (Å²) in [5.74, 6) is -3.09. The molecule has 266 valence electrons. The Labute approximate surface area is 292 Å². The van der Waals surface area contributed by atoms with Gasteiger partial charge in [0.2, 0.25) is 11.8 Å². The molecular formula is C38H45N3O9. The lowest BCUT2D eigenvalue weighted by Gasteiger charge is -2.35. The Kier molecular flexibility index (Phi) is 11.0. The number of rotatable bonds is 10. The molecule has 0 aromatic heterocycles. The lowest BCUT2D eigenvalue weighted by atomic mass is 9.77. The van der Waals surface area contributed by atoms with Crippen LogP contribution in [0.25, 0.3) is 0 Å². The number of benzene rings is 2. The van der Waals surface area contributed by atoms with Crippen molar-refractivity contribution >= 4 is 29.4 Å². The van der Waals surface area contributed by atoms with E-state index in [1.165, 1.54) is 7.11 Å². The molecule has 4 aliphatic rings. The van der Waals surface area contributed by atoms with E-state index in [4.69, 9.17) is 18.9 Å². The standard InChI is InChI=1S/C38H45N3O9/c1-47-24-28-33(25-12-5-3-6-13-25)49-37(46)31-29(14-7-8-15-30(43)39-28)50-38-20-11-22-40(26-16-18-27(48-2)19-17-26)36(45)34(38)41(35(44)32(31)38)21-9-4-10-23-42/h3,5-7,11-14,16-20,28-29,31-34,42H,4,8-10,15,21-24H2,1-2H3,(H,39,43)/b14-7-/t28-,29-,31+,32+,33-,34-,38+/m0/s1. The van der Waals surface area contributed by atoms with Gasteiger partial charge in [0.05, 0.1) is 31.8 Å². The molecule has 50 heavy (non-hydrogen) atoms. The van der Waals surface area contributed by atoms with Gasteiger partial charge in [-0.3, -0.25) is 19.2 Å².